The fourth-order valence-electron chi connectivity index (χ4n) is 0. The summed E-state index contributed by atoms with van der Waals surface area (Å²) in [6, 6.07) is 0. The van der Waals surface area contributed by atoms with Crippen molar-refractivity contribution in [3.63, 3.8) is 0 Å². The maximum atomic E-state index is 10.1. The summed E-state index contributed by atoms with van der Waals surface area (Å²) < 4.78 is 0. The SMILES string of the molecule is CC.CC(=O)N(C)C.CCC. The van der Waals surface area contributed by atoms with Crippen molar-refractivity contribution in [2.75, 3.05) is 14.1 Å². The number of nitrogens with zero attached hydrogens (tertiary/aromatic N) is 1. The Labute approximate surface area is 71.6 Å². The highest BCUT2D eigenvalue weighted by molar-refractivity contribution is 5.72. The van der Waals surface area contributed by atoms with Gasteiger partial charge in [0.2, 0.25) is 5.91 Å². The van der Waals surface area contributed by atoms with E-state index in [0.29, 0.717) is 0 Å². The monoisotopic (exact) mass is 161 g/mol. The lowest BCUT2D eigenvalue weighted by Gasteiger charge is -2.02. The van der Waals surface area contributed by atoms with Crippen molar-refractivity contribution in [2.24, 2.45) is 0 Å². The Hall–Kier alpha value is -0.530. The molecule has 2 heteroatoms. The summed E-state index contributed by atoms with van der Waals surface area (Å²) >= 11 is 0. The fraction of sp³-hybridized carbons (Fsp3) is 0.889. The molecule has 0 aliphatic heterocycles. The average molecular weight is 161 g/mol. The van der Waals surface area contributed by atoms with E-state index in [1.54, 1.807) is 14.1 Å². The van der Waals surface area contributed by atoms with Crippen LogP contribution in [0.5, 0.6) is 0 Å². The number of hydrogen-bond acceptors (Lipinski definition) is 1. The van der Waals surface area contributed by atoms with Gasteiger partial charge in [-0.3, -0.25) is 4.79 Å². The van der Waals surface area contributed by atoms with Crippen molar-refractivity contribution in [3.05, 3.63) is 0 Å². The summed E-state index contributed by atoms with van der Waals surface area (Å²) in [6.45, 7) is 9.78. The Morgan fingerprint density at radius 1 is 1.18 bits per heavy atom. The van der Waals surface area contributed by atoms with Crippen molar-refractivity contribution < 1.29 is 4.79 Å². The Kier molecular flexibility index (Phi) is 24.8. The molecule has 0 unspecified atom stereocenters. The van der Waals surface area contributed by atoms with Crippen LogP contribution < -0.4 is 0 Å². The highest BCUT2D eigenvalue weighted by Crippen LogP contribution is 1.69. The van der Waals surface area contributed by atoms with Crippen LogP contribution in [0.25, 0.3) is 0 Å². The van der Waals surface area contributed by atoms with Crippen LogP contribution in [0, 0.1) is 0 Å². The quantitative estimate of drug-likeness (QED) is 0.534. The van der Waals surface area contributed by atoms with Gasteiger partial charge in [-0.05, 0) is 0 Å². The Morgan fingerprint density at radius 2 is 1.27 bits per heavy atom. The summed E-state index contributed by atoms with van der Waals surface area (Å²) in [5, 5.41) is 0. The van der Waals surface area contributed by atoms with Gasteiger partial charge in [-0.2, -0.15) is 0 Å². The smallest absolute Gasteiger partial charge is 0.218 e. The summed E-state index contributed by atoms with van der Waals surface area (Å²) in [7, 11) is 3.45. The van der Waals surface area contributed by atoms with Gasteiger partial charge in [-0.1, -0.05) is 34.1 Å². The van der Waals surface area contributed by atoms with Crippen LogP contribution in [0.15, 0.2) is 0 Å². The van der Waals surface area contributed by atoms with Crippen LogP contribution in [0.2, 0.25) is 0 Å². The Balaban J connectivity index is -0.000000109. The van der Waals surface area contributed by atoms with Crippen molar-refractivity contribution in [1.82, 2.24) is 4.90 Å². The molecule has 0 spiro atoms. The Bertz CT molecular complexity index is 70.0. The third kappa shape index (κ3) is 43.9. The first-order valence-corrected chi connectivity index (χ1v) is 4.24. The van der Waals surface area contributed by atoms with Gasteiger partial charge >= 0.3 is 0 Å². The summed E-state index contributed by atoms with van der Waals surface area (Å²) in [4.78, 5) is 11.6. The predicted molar refractivity (Wildman–Crippen MR) is 51.7 cm³/mol. The van der Waals surface area contributed by atoms with E-state index < -0.39 is 0 Å². The van der Waals surface area contributed by atoms with Crippen molar-refractivity contribution >= 4 is 5.91 Å². The van der Waals surface area contributed by atoms with Gasteiger partial charge in [0.15, 0.2) is 0 Å². The number of hydrogen-bond donors (Lipinski definition) is 0. The Morgan fingerprint density at radius 3 is 1.27 bits per heavy atom. The fourth-order valence-corrected chi connectivity index (χ4v) is 0. The van der Waals surface area contributed by atoms with Gasteiger partial charge in [0.05, 0.1) is 0 Å². The highest BCUT2D eigenvalue weighted by atomic mass is 16.2. The van der Waals surface area contributed by atoms with E-state index >= 15 is 0 Å². The van der Waals surface area contributed by atoms with Crippen LogP contribution in [0.3, 0.4) is 0 Å². The average Bonchev–Trinajstić information content (AvgIpc) is 1.93. The molecule has 1 amide bonds. The van der Waals surface area contributed by atoms with E-state index in [1.165, 1.54) is 18.2 Å². The normalized spacial score (nSPS) is 6.45. The van der Waals surface area contributed by atoms with Gasteiger partial charge in [0.25, 0.3) is 0 Å². The molecule has 0 aromatic rings. The lowest BCUT2D eigenvalue weighted by molar-refractivity contribution is -0.126. The standard InChI is InChI=1S/C4H9NO.C3H8.C2H6/c1-4(6)5(2)3;1-3-2;1-2/h1-3H3;3H2,1-2H3;1-2H3. The molecule has 0 bridgehead atoms. The summed E-state index contributed by atoms with van der Waals surface area (Å²) in [5.74, 6) is 0.0926. The molecule has 0 radical (unpaired) electrons. The molecule has 70 valence electrons. The largest absolute Gasteiger partial charge is 0.349 e. The summed E-state index contributed by atoms with van der Waals surface area (Å²) in [6.07, 6.45) is 1.25. The topological polar surface area (TPSA) is 20.3 Å². The minimum atomic E-state index is 0.0926. The van der Waals surface area contributed by atoms with Gasteiger partial charge < -0.3 is 4.90 Å². The molecule has 11 heavy (non-hydrogen) atoms. The molecule has 0 saturated carbocycles. The molecule has 0 aromatic heterocycles. The zero-order chi connectivity index (χ0) is 9.86. The van der Waals surface area contributed by atoms with E-state index in [9.17, 15) is 4.79 Å². The van der Waals surface area contributed by atoms with Gasteiger partial charge in [-0.15, -0.1) is 0 Å². The zero-order valence-corrected chi connectivity index (χ0v) is 9.06. The molecule has 0 atom stereocenters. The molecular formula is C9H23NO. The lowest BCUT2D eigenvalue weighted by Crippen LogP contribution is -2.17. The number of carbonyl (C=O) groups excluding carboxylic acids is 1. The third-order valence-electron chi connectivity index (χ3n) is 0.630. The van der Waals surface area contributed by atoms with Crippen LogP contribution in [-0.4, -0.2) is 24.9 Å². The summed E-state index contributed by atoms with van der Waals surface area (Å²) in [5.41, 5.74) is 0. The molecule has 0 rings (SSSR count). The third-order valence-corrected chi connectivity index (χ3v) is 0.630. The zero-order valence-electron chi connectivity index (χ0n) is 9.06. The van der Waals surface area contributed by atoms with Gasteiger partial charge in [0.1, 0.15) is 0 Å². The minimum Gasteiger partial charge on any atom is -0.349 e. The maximum Gasteiger partial charge on any atom is 0.218 e. The molecule has 0 N–H and O–H groups in total. The molecule has 0 fully saturated rings. The van der Waals surface area contributed by atoms with Gasteiger partial charge in [0, 0.05) is 21.0 Å². The van der Waals surface area contributed by atoms with Crippen LogP contribution in [-0.2, 0) is 4.79 Å². The van der Waals surface area contributed by atoms with Crippen LogP contribution in [0.1, 0.15) is 41.0 Å². The molecule has 0 aliphatic rings. The predicted octanol–water partition coefficient (Wildman–Crippen LogP) is 2.54. The second-order valence-electron chi connectivity index (χ2n) is 2.12. The van der Waals surface area contributed by atoms with Gasteiger partial charge in [-0.25, -0.2) is 0 Å². The van der Waals surface area contributed by atoms with E-state index in [2.05, 4.69) is 13.8 Å². The molecule has 2 nitrogen and oxygen atoms in total. The second-order valence-corrected chi connectivity index (χ2v) is 2.12. The van der Waals surface area contributed by atoms with E-state index in [0.717, 1.165) is 0 Å². The van der Waals surface area contributed by atoms with Crippen molar-refractivity contribution in [3.8, 4) is 0 Å². The van der Waals surface area contributed by atoms with Crippen molar-refractivity contribution in [1.29, 1.82) is 0 Å². The number of amides is 1. The minimum absolute atomic E-state index is 0.0926. The first-order chi connectivity index (χ1) is 5.06. The van der Waals surface area contributed by atoms with E-state index in [-0.39, 0.29) is 5.91 Å². The van der Waals surface area contributed by atoms with Crippen LogP contribution >= 0.6 is 0 Å². The lowest BCUT2D eigenvalue weighted by atomic mass is 10.6. The van der Waals surface area contributed by atoms with Crippen molar-refractivity contribution in [2.45, 2.75) is 41.0 Å². The molecule has 0 aromatic carbocycles. The highest BCUT2D eigenvalue weighted by Gasteiger charge is 1.87. The molecule has 0 heterocycles. The van der Waals surface area contributed by atoms with E-state index in [4.69, 9.17) is 0 Å². The van der Waals surface area contributed by atoms with E-state index in [1.807, 2.05) is 13.8 Å². The first-order valence-electron chi connectivity index (χ1n) is 4.24. The first kappa shape index (κ1) is 16.8. The number of rotatable bonds is 0. The number of carbonyl (C=O) groups is 1. The van der Waals surface area contributed by atoms with Crippen LogP contribution in [0.4, 0.5) is 0 Å². The molecular weight excluding hydrogens is 138 g/mol. The maximum absolute atomic E-state index is 10.1. The molecule has 0 saturated heterocycles. The second kappa shape index (κ2) is 16.2. The molecule has 0 aliphatic carbocycles.